The minimum atomic E-state index is -0.289. The molecule has 0 aliphatic carbocycles. The van der Waals surface area contributed by atoms with Crippen LogP contribution in [0.3, 0.4) is 0 Å². The Labute approximate surface area is 153 Å². The first-order valence-corrected chi connectivity index (χ1v) is 8.33. The van der Waals surface area contributed by atoms with Gasteiger partial charge in [0, 0.05) is 10.0 Å². The van der Waals surface area contributed by atoms with Gasteiger partial charge in [0.15, 0.2) is 0 Å². The third-order valence-corrected chi connectivity index (χ3v) is 4.22. The summed E-state index contributed by atoms with van der Waals surface area (Å²) in [6.45, 7) is 2.13. The van der Waals surface area contributed by atoms with E-state index >= 15 is 0 Å². The van der Waals surface area contributed by atoms with Crippen molar-refractivity contribution in [1.82, 2.24) is 9.66 Å². The van der Waals surface area contributed by atoms with Gasteiger partial charge >= 0.3 is 0 Å². The van der Waals surface area contributed by atoms with Crippen molar-refractivity contribution >= 4 is 28.1 Å². The van der Waals surface area contributed by atoms with Crippen LogP contribution in [0.25, 0.3) is 0 Å². The minimum absolute atomic E-state index is 0.274. The molecule has 2 N–H and O–H groups in total. The lowest BCUT2D eigenvalue weighted by Gasteiger charge is -2.08. The van der Waals surface area contributed by atoms with Gasteiger partial charge in [-0.05, 0) is 55.0 Å². The maximum Gasteiger partial charge on any atom is 0.221 e. The van der Waals surface area contributed by atoms with E-state index in [1.807, 2.05) is 31.2 Å². The zero-order valence-corrected chi connectivity index (χ0v) is 15.1. The van der Waals surface area contributed by atoms with Crippen molar-refractivity contribution in [2.24, 2.45) is 5.10 Å². The molecule has 0 amide bonds. The lowest BCUT2D eigenvalue weighted by atomic mass is 10.2. The summed E-state index contributed by atoms with van der Waals surface area (Å²) in [4.78, 5) is 4.08. The number of aryl methyl sites for hydroxylation is 1. The lowest BCUT2D eigenvalue weighted by Crippen LogP contribution is -1.98. The average Bonchev–Trinajstić information content (AvgIpc) is 2.92. The summed E-state index contributed by atoms with van der Waals surface area (Å²) in [6.07, 6.45) is 3.44. The molecule has 0 fully saturated rings. The Bertz CT molecular complexity index is 906. The molecule has 1 aromatic heterocycles. The highest BCUT2D eigenvalue weighted by Gasteiger charge is 2.03. The fourth-order valence-corrected chi connectivity index (χ4v) is 2.55. The first-order chi connectivity index (χ1) is 12.0. The monoisotopic (exact) mass is 402 g/mol. The number of imidazole rings is 1. The summed E-state index contributed by atoms with van der Waals surface area (Å²) < 4.78 is 21.3. The van der Waals surface area contributed by atoms with Gasteiger partial charge in [0.1, 0.15) is 18.2 Å². The molecule has 1 heterocycles. The number of hydrogen-bond donors (Lipinski definition) is 1. The molecular formula is C18H16BrFN4O. The summed E-state index contributed by atoms with van der Waals surface area (Å²) in [7, 11) is 0. The van der Waals surface area contributed by atoms with Gasteiger partial charge in [-0.2, -0.15) is 5.10 Å². The topological polar surface area (TPSA) is 65.4 Å². The Morgan fingerprint density at radius 1 is 1.28 bits per heavy atom. The van der Waals surface area contributed by atoms with Crippen molar-refractivity contribution in [3.05, 3.63) is 75.8 Å². The second-order valence-corrected chi connectivity index (χ2v) is 6.28. The normalized spacial score (nSPS) is 11.2. The Morgan fingerprint density at radius 2 is 2.04 bits per heavy atom. The molecule has 0 spiro atoms. The van der Waals surface area contributed by atoms with Crippen LogP contribution < -0.4 is 10.5 Å². The second-order valence-electron chi connectivity index (χ2n) is 5.42. The van der Waals surface area contributed by atoms with Crippen molar-refractivity contribution in [2.45, 2.75) is 13.5 Å². The summed E-state index contributed by atoms with van der Waals surface area (Å²) in [5, 5.41) is 4.26. The predicted octanol–water partition coefficient (Wildman–Crippen LogP) is 4.14. The Hall–Kier alpha value is -2.67. The van der Waals surface area contributed by atoms with Crippen LogP contribution >= 0.6 is 15.9 Å². The van der Waals surface area contributed by atoms with Gasteiger partial charge in [-0.3, -0.25) is 0 Å². The molecule has 0 unspecified atom stereocenters. The molecule has 7 heteroatoms. The highest BCUT2D eigenvalue weighted by atomic mass is 79.9. The Kier molecular flexibility index (Phi) is 5.14. The quantitative estimate of drug-likeness (QED) is 0.652. The van der Waals surface area contributed by atoms with Gasteiger partial charge < -0.3 is 10.5 Å². The van der Waals surface area contributed by atoms with Crippen molar-refractivity contribution in [3.63, 3.8) is 0 Å². The molecule has 0 radical (unpaired) electrons. The van der Waals surface area contributed by atoms with Gasteiger partial charge in [0.05, 0.1) is 18.1 Å². The van der Waals surface area contributed by atoms with Crippen LogP contribution in [-0.4, -0.2) is 15.9 Å². The van der Waals surface area contributed by atoms with Crippen molar-refractivity contribution < 1.29 is 9.13 Å². The van der Waals surface area contributed by atoms with E-state index in [9.17, 15) is 4.39 Å². The third kappa shape index (κ3) is 4.45. The van der Waals surface area contributed by atoms with Gasteiger partial charge in [-0.15, -0.1) is 0 Å². The molecule has 128 valence electrons. The fourth-order valence-electron chi connectivity index (χ4n) is 2.19. The lowest BCUT2D eigenvalue weighted by molar-refractivity contribution is 0.305. The second kappa shape index (κ2) is 7.48. The number of hydrogen-bond acceptors (Lipinski definition) is 4. The Balaban J connectivity index is 1.64. The number of anilines is 1. The molecule has 0 aliphatic rings. The molecule has 25 heavy (non-hydrogen) atoms. The van der Waals surface area contributed by atoms with Gasteiger partial charge in [0.25, 0.3) is 0 Å². The summed E-state index contributed by atoms with van der Waals surface area (Å²) >= 11 is 3.38. The van der Waals surface area contributed by atoms with Gasteiger partial charge in [-0.25, -0.2) is 14.1 Å². The number of benzene rings is 2. The van der Waals surface area contributed by atoms with Crippen molar-refractivity contribution in [3.8, 4) is 5.75 Å². The first-order valence-electron chi connectivity index (χ1n) is 7.54. The summed E-state index contributed by atoms with van der Waals surface area (Å²) in [6, 6.07) is 11.9. The van der Waals surface area contributed by atoms with Crippen LogP contribution in [0.5, 0.6) is 5.75 Å². The number of ether oxygens (including phenoxy) is 1. The standard InChI is InChI=1S/C18H16BrFN4O/c1-12-10-24(18(21)23-12)22-9-13-2-5-16(6-3-13)25-11-14-8-15(20)4-7-17(14)19/h2-10H,11H2,1H3,(H2,21,23). The third-order valence-electron chi connectivity index (χ3n) is 3.45. The maximum absolute atomic E-state index is 13.3. The van der Waals surface area contributed by atoms with E-state index in [0.717, 1.165) is 21.3 Å². The summed E-state index contributed by atoms with van der Waals surface area (Å²) in [5.41, 5.74) is 8.18. The zero-order valence-electron chi connectivity index (χ0n) is 13.5. The van der Waals surface area contributed by atoms with E-state index in [1.54, 1.807) is 18.5 Å². The highest BCUT2D eigenvalue weighted by Crippen LogP contribution is 2.20. The van der Waals surface area contributed by atoms with E-state index in [4.69, 9.17) is 10.5 Å². The van der Waals surface area contributed by atoms with Gasteiger partial charge in [-0.1, -0.05) is 15.9 Å². The SMILES string of the molecule is Cc1cn(N=Cc2ccc(OCc3cc(F)ccc3Br)cc2)c(N)n1. The number of nitrogen functional groups attached to an aromatic ring is 1. The molecule has 2 aromatic carbocycles. The molecule has 0 atom stereocenters. The van der Waals surface area contributed by atoms with Crippen LogP contribution in [0, 0.1) is 12.7 Å². The molecule has 3 aromatic rings. The predicted molar refractivity (Wildman–Crippen MR) is 99.2 cm³/mol. The number of nitrogens with two attached hydrogens (primary N) is 1. The van der Waals surface area contributed by atoms with Crippen LogP contribution in [0.15, 0.2) is 58.2 Å². The van der Waals surface area contributed by atoms with E-state index < -0.39 is 0 Å². The molecule has 0 aliphatic heterocycles. The summed E-state index contributed by atoms with van der Waals surface area (Å²) in [5.74, 6) is 0.739. The van der Waals surface area contributed by atoms with Crippen molar-refractivity contribution in [2.75, 3.05) is 5.73 Å². The molecular weight excluding hydrogens is 387 g/mol. The van der Waals surface area contributed by atoms with Crippen LogP contribution in [-0.2, 0) is 6.61 Å². The molecule has 3 rings (SSSR count). The molecule has 0 saturated carbocycles. The largest absolute Gasteiger partial charge is 0.489 e. The van der Waals surface area contributed by atoms with Crippen molar-refractivity contribution in [1.29, 1.82) is 0 Å². The number of aromatic nitrogens is 2. The zero-order chi connectivity index (χ0) is 17.8. The number of rotatable bonds is 5. The van der Waals surface area contributed by atoms with E-state index in [0.29, 0.717) is 11.7 Å². The highest BCUT2D eigenvalue weighted by molar-refractivity contribution is 9.10. The van der Waals surface area contributed by atoms with E-state index in [1.165, 1.54) is 16.8 Å². The van der Waals surface area contributed by atoms with E-state index in [2.05, 4.69) is 26.0 Å². The first kappa shape index (κ1) is 17.2. The number of nitrogens with zero attached hydrogens (tertiary/aromatic N) is 3. The maximum atomic E-state index is 13.3. The molecule has 5 nitrogen and oxygen atoms in total. The minimum Gasteiger partial charge on any atom is -0.489 e. The molecule has 0 bridgehead atoms. The average molecular weight is 403 g/mol. The Morgan fingerprint density at radius 3 is 2.72 bits per heavy atom. The van der Waals surface area contributed by atoms with Crippen LogP contribution in [0.2, 0.25) is 0 Å². The fraction of sp³-hybridized carbons (Fsp3) is 0.111. The number of halogens is 2. The van der Waals surface area contributed by atoms with Crippen LogP contribution in [0.4, 0.5) is 10.3 Å². The van der Waals surface area contributed by atoms with E-state index in [-0.39, 0.29) is 12.4 Å². The van der Waals surface area contributed by atoms with Crippen LogP contribution in [0.1, 0.15) is 16.8 Å². The molecule has 0 saturated heterocycles. The smallest absolute Gasteiger partial charge is 0.221 e. The van der Waals surface area contributed by atoms with Gasteiger partial charge in [0.2, 0.25) is 5.95 Å².